The third-order valence-electron chi connectivity index (χ3n) is 5.47. The number of nitrogens with zero attached hydrogens (tertiary/aromatic N) is 2. The van der Waals surface area contributed by atoms with Crippen molar-refractivity contribution in [1.29, 1.82) is 0 Å². The quantitative estimate of drug-likeness (QED) is 0.460. The molecule has 35 heavy (non-hydrogen) atoms. The summed E-state index contributed by atoms with van der Waals surface area (Å²) in [5.74, 6) is -3.55. The Morgan fingerprint density at radius 1 is 0.800 bits per heavy atom. The fourth-order valence-electron chi connectivity index (χ4n) is 3.81. The fourth-order valence-corrected chi connectivity index (χ4v) is 3.81. The predicted molar refractivity (Wildman–Crippen MR) is 123 cm³/mol. The lowest BCUT2D eigenvalue weighted by Crippen LogP contribution is -2.34. The number of anilines is 3. The summed E-state index contributed by atoms with van der Waals surface area (Å²) in [6.07, 6.45) is 4.20. The summed E-state index contributed by atoms with van der Waals surface area (Å²) in [6, 6.07) is 6.56. The molecule has 1 atom stereocenters. The van der Waals surface area contributed by atoms with E-state index in [1.54, 1.807) is 18.2 Å². The molecule has 11 heteroatoms. The van der Waals surface area contributed by atoms with Crippen molar-refractivity contribution in [2.75, 3.05) is 29.3 Å². The monoisotopic (exact) mass is 477 g/mol. The van der Waals surface area contributed by atoms with Gasteiger partial charge >= 0.3 is 11.9 Å². The van der Waals surface area contributed by atoms with Gasteiger partial charge in [0, 0.05) is 35.4 Å². The topological polar surface area (TPSA) is 139 Å². The molecule has 178 valence electrons. The molecule has 11 nitrogen and oxygen atoms in total. The Labute approximate surface area is 198 Å². The minimum atomic E-state index is -1.14. The lowest BCUT2D eigenvalue weighted by atomic mass is 10.0. The first-order valence-corrected chi connectivity index (χ1v) is 10.3. The molecule has 0 bridgehead atoms. The van der Waals surface area contributed by atoms with Gasteiger partial charge in [0.1, 0.15) is 6.04 Å². The summed E-state index contributed by atoms with van der Waals surface area (Å²) in [5, 5.41) is 3.90. The molecule has 0 spiro atoms. The zero-order valence-corrected chi connectivity index (χ0v) is 18.6. The van der Waals surface area contributed by atoms with Crippen LogP contribution in [0.3, 0.4) is 0 Å². The van der Waals surface area contributed by atoms with Crippen molar-refractivity contribution >= 4 is 63.4 Å². The van der Waals surface area contributed by atoms with E-state index in [4.69, 9.17) is 4.74 Å². The van der Waals surface area contributed by atoms with Crippen molar-refractivity contribution in [2.24, 2.45) is 0 Å². The first-order valence-electron chi connectivity index (χ1n) is 10.3. The van der Waals surface area contributed by atoms with Crippen LogP contribution in [0.5, 0.6) is 0 Å². The third kappa shape index (κ3) is 4.38. The van der Waals surface area contributed by atoms with E-state index in [1.165, 1.54) is 26.4 Å². The van der Waals surface area contributed by atoms with Gasteiger partial charge in [-0.05, 0) is 29.7 Å². The van der Waals surface area contributed by atoms with Gasteiger partial charge in [0.05, 0.1) is 32.0 Å². The van der Waals surface area contributed by atoms with Crippen LogP contribution in [0.2, 0.25) is 0 Å². The number of nitrogens with one attached hydrogen (secondary N) is 1. The third-order valence-corrected chi connectivity index (χ3v) is 5.47. The van der Waals surface area contributed by atoms with E-state index < -0.39 is 41.6 Å². The number of methoxy groups -OCH3 is 2. The molecular formula is C24H19N3O8. The van der Waals surface area contributed by atoms with Crippen LogP contribution in [0.4, 0.5) is 17.1 Å². The Hall–Kier alpha value is -4.80. The van der Waals surface area contributed by atoms with Crippen LogP contribution in [0.25, 0.3) is 10.8 Å². The molecule has 0 aromatic heterocycles. The second-order valence-electron chi connectivity index (χ2n) is 7.59. The summed E-state index contributed by atoms with van der Waals surface area (Å²) >= 11 is 0. The average molecular weight is 477 g/mol. The van der Waals surface area contributed by atoms with Gasteiger partial charge in [0.25, 0.3) is 23.6 Å². The van der Waals surface area contributed by atoms with Crippen molar-refractivity contribution in [3.8, 4) is 0 Å². The van der Waals surface area contributed by atoms with Gasteiger partial charge in [0.2, 0.25) is 0 Å². The highest BCUT2D eigenvalue weighted by atomic mass is 16.5. The molecule has 2 aliphatic heterocycles. The Balaban J connectivity index is 1.84. The molecule has 0 saturated heterocycles. The van der Waals surface area contributed by atoms with Crippen molar-refractivity contribution in [2.45, 2.75) is 12.5 Å². The van der Waals surface area contributed by atoms with Crippen LogP contribution in [0.15, 0.2) is 54.6 Å². The zero-order valence-electron chi connectivity index (χ0n) is 18.6. The molecule has 4 amide bonds. The van der Waals surface area contributed by atoms with E-state index in [0.717, 1.165) is 34.1 Å². The van der Waals surface area contributed by atoms with E-state index in [1.807, 2.05) is 0 Å². The number of amides is 4. The maximum absolute atomic E-state index is 12.3. The molecule has 0 unspecified atom stereocenters. The van der Waals surface area contributed by atoms with Gasteiger partial charge in [0.15, 0.2) is 0 Å². The second kappa shape index (κ2) is 9.21. The van der Waals surface area contributed by atoms with Gasteiger partial charge in [-0.1, -0.05) is 6.07 Å². The number of esters is 2. The predicted octanol–water partition coefficient (Wildman–Crippen LogP) is 1.22. The smallest absolute Gasteiger partial charge is 0.328 e. The molecule has 1 N–H and O–H groups in total. The van der Waals surface area contributed by atoms with Gasteiger partial charge in [-0.3, -0.25) is 24.0 Å². The van der Waals surface area contributed by atoms with Crippen LogP contribution in [0, 0.1) is 0 Å². The number of fused-ring (bicyclic) bond motifs is 1. The van der Waals surface area contributed by atoms with Gasteiger partial charge in [-0.25, -0.2) is 14.6 Å². The highest BCUT2D eigenvalue weighted by molar-refractivity contribution is 6.30. The molecule has 2 aliphatic rings. The standard InChI is InChI=1S/C24H19N3O8/c1-34-23(32)12-18(24(33)35-2)25-17-11-15(27-21(30)7-8-22(27)31)10-13-9-14(3-4-16(13)17)26-19(28)5-6-20(26)29/h3-11,18,25H,12H2,1-2H3/t18-/m0/s1. The van der Waals surface area contributed by atoms with E-state index in [2.05, 4.69) is 10.1 Å². The Kier molecular flexibility index (Phi) is 6.15. The molecule has 2 heterocycles. The first kappa shape index (κ1) is 23.4. The summed E-state index contributed by atoms with van der Waals surface area (Å²) in [7, 11) is 2.35. The number of rotatable bonds is 7. The number of hydrogen-bond acceptors (Lipinski definition) is 9. The highest BCUT2D eigenvalue weighted by Crippen LogP contribution is 2.35. The zero-order chi connectivity index (χ0) is 25.3. The minimum Gasteiger partial charge on any atom is -0.469 e. The van der Waals surface area contributed by atoms with Crippen LogP contribution in [0.1, 0.15) is 6.42 Å². The van der Waals surface area contributed by atoms with Crippen LogP contribution < -0.4 is 15.1 Å². The molecule has 0 saturated carbocycles. The van der Waals surface area contributed by atoms with Crippen molar-refractivity contribution in [1.82, 2.24) is 0 Å². The van der Waals surface area contributed by atoms with E-state index in [0.29, 0.717) is 16.5 Å². The molecule has 2 aromatic carbocycles. The normalized spacial score (nSPS) is 15.8. The summed E-state index contributed by atoms with van der Waals surface area (Å²) < 4.78 is 9.45. The van der Waals surface area contributed by atoms with Crippen molar-refractivity contribution in [3.05, 3.63) is 54.6 Å². The maximum Gasteiger partial charge on any atom is 0.328 e. The molecule has 4 rings (SSSR count). The molecule has 0 aliphatic carbocycles. The Bertz CT molecular complexity index is 1320. The number of benzene rings is 2. The number of imide groups is 2. The number of hydrogen-bond donors (Lipinski definition) is 1. The lowest BCUT2D eigenvalue weighted by molar-refractivity contribution is -0.148. The number of carbonyl (C=O) groups is 6. The number of carbonyl (C=O) groups excluding carboxylic acids is 6. The van der Waals surface area contributed by atoms with Crippen LogP contribution in [-0.4, -0.2) is 55.8 Å². The van der Waals surface area contributed by atoms with E-state index >= 15 is 0 Å². The molecular weight excluding hydrogens is 458 g/mol. The minimum absolute atomic E-state index is 0.177. The summed E-state index contributed by atoms with van der Waals surface area (Å²) in [6.45, 7) is 0. The largest absolute Gasteiger partial charge is 0.469 e. The second-order valence-corrected chi connectivity index (χ2v) is 7.59. The molecule has 2 aromatic rings. The molecule has 0 fully saturated rings. The van der Waals surface area contributed by atoms with E-state index in [-0.39, 0.29) is 17.8 Å². The summed E-state index contributed by atoms with van der Waals surface area (Å²) in [4.78, 5) is 75.0. The van der Waals surface area contributed by atoms with Crippen LogP contribution >= 0.6 is 0 Å². The highest BCUT2D eigenvalue weighted by Gasteiger charge is 2.29. The van der Waals surface area contributed by atoms with Gasteiger partial charge < -0.3 is 14.8 Å². The first-order chi connectivity index (χ1) is 16.7. The SMILES string of the molecule is COC(=O)C[C@H](Nc1cc(N2C(=O)C=CC2=O)cc2cc(N3C(=O)C=CC3=O)ccc12)C(=O)OC. The lowest BCUT2D eigenvalue weighted by Gasteiger charge is -2.22. The molecule has 0 radical (unpaired) electrons. The van der Waals surface area contributed by atoms with E-state index in [9.17, 15) is 28.8 Å². The van der Waals surface area contributed by atoms with Gasteiger partial charge in [-0.15, -0.1) is 0 Å². The van der Waals surface area contributed by atoms with Crippen molar-refractivity contribution < 1.29 is 38.2 Å². The maximum atomic E-state index is 12.3. The summed E-state index contributed by atoms with van der Waals surface area (Å²) in [5.41, 5.74) is 0.751. The Morgan fingerprint density at radius 3 is 1.89 bits per heavy atom. The van der Waals surface area contributed by atoms with Crippen LogP contribution in [-0.2, 0) is 38.2 Å². The Morgan fingerprint density at radius 2 is 1.34 bits per heavy atom. The van der Waals surface area contributed by atoms with Crippen molar-refractivity contribution in [3.63, 3.8) is 0 Å². The average Bonchev–Trinajstić information content (AvgIpc) is 3.36. The fraction of sp³-hybridized carbons (Fsp3) is 0.167. The van der Waals surface area contributed by atoms with Gasteiger partial charge in [-0.2, -0.15) is 0 Å². The number of ether oxygens (including phenoxy) is 2.